The molecule has 2 rings (SSSR count). The molecule has 0 radical (unpaired) electrons. The summed E-state index contributed by atoms with van der Waals surface area (Å²) >= 11 is 0. The molecule has 0 aliphatic rings. The first-order valence-electron chi connectivity index (χ1n) is 5.43. The van der Waals surface area contributed by atoms with Crippen LogP contribution in [0.1, 0.15) is 5.56 Å². The SMILES string of the molecule is Cc1c(N)cncc1-c1ccccc1OC(F)(F)F. The Morgan fingerprint density at radius 1 is 1.11 bits per heavy atom. The van der Waals surface area contributed by atoms with Crippen LogP contribution in [0, 0.1) is 6.92 Å². The van der Waals surface area contributed by atoms with Crippen LogP contribution in [-0.4, -0.2) is 11.3 Å². The highest BCUT2D eigenvalue weighted by Gasteiger charge is 2.32. The Morgan fingerprint density at radius 3 is 2.47 bits per heavy atom. The predicted molar refractivity (Wildman–Crippen MR) is 65.5 cm³/mol. The number of ether oxygens (including phenoxy) is 1. The van der Waals surface area contributed by atoms with Gasteiger partial charge in [0.2, 0.25) is 0 Å². The number of anilines is 1. The summed E-state index contributed by atoms with van der Waals surface area (Å²) in [6, 6.07) is 5.89. The van der Waals surface area contributed by atoms with Gasteiger partial charge in [0.1, 0.15) is 5.75 Å². The highest BCUT2D eigenvalue weighted by atomic mass is 19.4. The van der Waals surface area contributed by atoms with Gasteiger partial charge in [0.05, 0.1) is 11.9 Å². The highest BCUT2D eigenvalue weighted by molar-refractivity contribution is 5.76. The van der Waals surface area contributed by atoms with E-state index in [0.29, 0.717) is 22.4 Å². The molecule has 0 bridgehead atoms. The first-order valence-corrected chi connectivity index (χ1v) is 5.43. The summed E-state index contributed by atoms with van der Waals surface area (Å²) in [5, 5.41) is 0. The highest BCUT2D eigenvalue weighted by Crippen LogP contribution is 2.35. The van der Waals surface area contributed by atoms with Crippen molar-refractivity contribution in [2.75, 3.05) is 5.73 Å². The quantitative estimate of drug-likeness (QED) is 0.906. The zero-order chi connectivity index (χ0) is 14.0. The Balaban J connectivity index is 2.54. The van der Waals surface area contributed by atoms with Gasteiger partial charge in [0.25, 0.3) is 0 Å². The van der Waals surface area contributed by atoms with Crippen LogP contribution in [0.25, 0.3) is 11.1 Å². The molecule has 0 spiro atoms. The Bertz CT molecular complexity index is 597. The fraction of sp³-hybridized carbons (Fsp3) is 0.154. The number of nitrogens with zero attached hydrogens (tertiary/aromatic N) is 1. The van der Waals surface area contributed by atoms with E-state index in [0.717, 1.165) is 0 Å². The van der Waals surface area contributed by atoms with Crippen molar-refractivity contribution in [3.05, 3.63) is 42.2 Å². The van der Waals surface area contributed by atoms with E-state index in [1.807, 2.05) is 0 Å². The standard InChI is InChI=1S/C13H11F3N2O/c1-8-10(6-18-7-11(8)17)9-4-2-3-5-12(9)19-13(14,15)16/h2-7H,17H2,1H3. The number of hydrogen-bond acceptors (Lipinski definition) is 3. The van der Waals surface area contributed by atoms with Crippen LogP contribution in [0.3, 0.4) is 0 Å². The van der Waals surface area contributed by atoms with Gasteiger partial charge in [0, 0.05) is 17.3 Å². The lowest BCUT2D eigenvalue weighted by Gasteiger charge is -2.14. The molecule has 100 valence electrons. The van der Waals surface area contributed by atoms with E-state index >= 15 is 0 Å². The van der Waals surface area contributed by atoms with Crippen molar-refractivity contribution in [2.24, 2.45) is 0 Å². The van der Waals surface area contributed by atoms with E-state index in [1.165, 1.54) is 30.6 Å². The van der Waals surface area contributed by atoms with Gasteiger partial charge in [-0.15, -0.1) is 13.2 Å². The minimum atomic E-state index is -4.74. The maximum atomic E-state index is 12.4. The predicted octanol–water partition coefficient (Wildman–Crippen LogP) is 3.54. The fourth-order valence-corrected chi connectivity index (χ4v) is 1.72. The Kier molecular flexibility index (Phi) is 3.33. The molecule has 0 saturated heterocycles. The lowest BCUT2D eigenvalue weighted by atomic mass is 10.0. The normalized spacial score (nSPS) is 11.4. The number of rotatable bonds is 2. The van der Waals surface area contributed by atoms with Gasteiger partial charge in [0.15, 0.2) is 0 Å². The van der Waals surface area contributed by atoms with Crippen molar-refractivity contribution in [2.45, 2.75) is 13.3 Å². The molecule has 0 amide bonds. The van der Waals surface area contributed by atoms with Crippen LogP contribution in [0.15, 0.2) is 36.7 Å². The molecule has 0 aliphatic heterocycles. The molecule has 6 heteroatoms. The number of aromatic nitrogens is 1. The van der Waals surface area contributed by atoms with Crippen LogP contribution in [0.4, 0.5) is 18.9 Å². The molecule has 1 aromatic heterocycles. The summed E-state index contributed by atoms with van der Waals surface area (Å²) in [5.41, 5.74) is 7.60. The second-order valence-electron chi connectivity index (χ2n) is 3.95. The third kappa shape index (κ3) is 2.96. The maximum Gasteiger partial charge on any atom is 0.573 e. The number of hydrogen-bond donors (Lipinski definition) is 1. The van der Waals surface area contributed by atoms with E-state index in [1.54, 1.807) is 13.0 Å². The van der Waals surface area contributed by atoms with Crippen LogP contribution in [-0.2, 0) is 0 Å². The van der Waals surface area contributed by atoms with Gasteiger partial charge in [-0.1, -0.05) is 18.2 Å². The number of halogens is 3. The number of para-hydroxylation sites is 1. The molecular formula is C13H11F3N2O. The van der Waals surface area contributed by atoms with Crippen LogP contribution < -0.4 is 10.5 Å². The molecule has 0 saturated carbocycles. The van der Waals surface area contributed by atoms with E-state index in [2.05, 4.69) is 9.72 Å². The van der Waals surface area contributed by atoms with Crippen LogP contribution in [0.5, 0.6) is 5.75 Å². The number of nitrogens with two attached hydrogens (primary N) is 1. The summed E-state index contributed by atoms with van der Waals surface area (Å²) in [6.07, 6.45) is -1.83. The van der Waals surface area contributed by atoms with Gasteiger partial charge in [-0.25, -0.2) is 0 Å². The largest absolute Gasteiger partial charge is 0.573 e. The zero-order valence-electron chi connectivity index (χ0n) is 10.0. The molecule has 0 aliphatic carbocycles. The smallest absolute Gasteiger partial charge is 0.405 e. The summed E-state index contributed by atoms with van der Waals surface area (Å²) in [5.74, 6) is -0.273. The molecule has 1 heterocycles. The molecule has 1 aromatic carbocycles. The third-order valence-corrected chi connectivity index (χ3v) is 2.66. The molecule has 0 fully saturated rings. The van der Waals surface area contributed by atoms with E-state index in [4.69, 9.17) is 5.73 Å². The van der Waals surface area contributed by atoms with Crippen molar-refractivity contribution in [1.82, 2.24) is 4.98 Å². The average Bonchev–Trinajstić information content (AvgIpc) is 2.32. The summed E-state index contributed by atoms with van der Waals surface area (Å²) in [7, 11) is 0. The third-order valence-electron chi connectivity index (χ3n) is 2.66. The van der Waals surface area contributed by atoms with Gasteiger partial charge in [-0.3, -0.25) is 4.98 Å². The first-order chi connectivity index (χ1) is 8.88. The topological polar surface area (TPSA) is 48.1 Å². The monoisotopic (exact) mass is 268 g/mol. The van der Waals surface area contributed by atoms with Crippen molar-refractivity contribution in [3.63, 3.8) is 0 Å². The van der Waals surface area contributed by atoms with Crippen LogP contribution >= 0.6 is 0 Å². The van der Waals surface area contributed by atoms with Crippen molar-refractivity contribution >= 4 is 5.69 Å². The summed E-state index contributed by atoms with van der Waals surface area (Å²) in [4.78, 5) is 3.90. The minimum absolute atomic E-state index is 0.273. The Labute approximate surface area is 107 Å². The molecular weight excluding hydrogens is 257 g/mol. The average molecular weight is 268 g/mol. The van der Waals surface area contributed by atoms with E-state index < -0.39 is 6.36 Å². The van der Waals surface area contributed by atoms with Crippen LogP contribution in [0.2, 0.25) is 0 Å². The van der Waals surface area contributed by atoms with Crippen molar-refractivity contribution < 1.29 is 17.9 Å². The van der Waals surface area contributed by atoms with E-state index in [-0.39, 0.29) is 5.75 Å². The molecule has 0 unspecified atom stereocenters. The second-order valence-corrected chi connectivity index (χ2v) is 3.95. The van der Waals surface area contributed by atoms with Gasteiger partial charge in [-0.05, 0) is 18.6 Å². The number of alkyl halides is 3. The first kappa shape index (κ1) is 13.2. The Hall–Kier alpha value is -2.24. The number of benzene rings is 1. The second kappa shape index (κ2) is 4.79. The van der Waals surface area contributed by atoms with Crippen molar-refractivity contribution in [1.29, 1.82) is 0 Å². The lowest BCUT2D eigenvalue weighted by molar-refractivity contribution is -0.274. The molecule has 0 atom stereocenters. The summed E-state index contributed by atoms with van der Waals surface area (Å²) < 4.78 is 41.1. The maximum absolute atomic E-state index is 12.4. The summed E-state index contributed by atoms with van der Waals surface area (Å²) in [6.45, 7) is 1.72. The zero-order valence-corrected chi connectivity index (χ0v) is 10.0. The molecule has 2 aromatic rings. The van der Waals surface area contributed by atoms with Crippen molar-refractivity contribution in [3.8, 4) is 16.9 Å². The molecule has 19 heavy (non-hydrogen) atoms. The molecule has 3 nitrogen and oxygen atoms in total. The van der Waals surface area contributed by atoms with Gasteiger partial charge in [-0.2, -0.15) is 0 Å². The number of pyridine rings is 1. The number of nitrogen functional groups attached to an aromatic ring is 1. The van der Waals surface area contributed by atoms with Gasteiger partial charge < -0.3 is 10.5 Å². The fourth-order valence-electron chi connectivity index (χ4n) is 1.72. The molecule has 2 N–H and O–H groups in total. The van der Waals surface area contributed by atoms with E-state index in [9.17, 15) is 13.2 Å². The lowest BCUT2D eigenvalue weighted by Crippen LogP contribution is -2.17. The van der Waals surface area contributed by atoms with Gasteiger partial charge >= 0.3 is 6.36 Å². The Morgan fingerprint density at radius 2 is 1.79 bits per heavy atom. The minimum Gasteiger partial charge on any atom is -0.405 e.